The third-order valence-electron chi connectivity index (χ3n) is 3.95. The van der Waals surface area contributed by atoms with Crippen molar-refractivity contribution in [3.63, 3.8) is 0 Å². The molecule has 0 aliphatic heterocycles. The van der Waals surface area contributed by atoms with E-state index in [2.05, 4.69) is 49.4 Å². The van der Waals surface area contributed by atoms with E-state index < -0.39 is 0 Å². The average Bonchev–Trinajstić information content (AvgIpc) is 2.24. The van der Waals surface area contributed by atoms with E-state index in [1.165, 1.54) is 19.3 Å². The lowest BCUT2D eigenvalue weighted by Crippen LogP contribution is -2.40. The van der Waals surface area contributed by atoms with Crippen molar-refractivity contribution < 1.29 is 0 Å². The molecule has 0 aromatic carbocycles. The Bertz CT molecular complexity index is 421. The van der Waals surface area contributed by atoms with Crippen LogP contribution in [0.4, 0.5) is 11.4 Å². The minimum absolute atomic E-state index is 0.410. The zero-order valence-corrected chi connectivity index (χ0v) is 12.9. The van der Waals surface area contributed by atoms with Crippen LogP contribution in [-0.2, 0) is 0 Å². The summed E-state index contributed by atoms with van der Waals surface area (Å²) in [4.78, 5) is 4.27. The first-order valence-electron chi connectivity index (χ1n) is 7.19. The van der Waals surface area contributed by atoms with Gasteiger partial charge in [-0.2, -0.15) is 0 Å². The number of hydrogen-bond acceptors (Lipinski definition) is 3. The van der Waals surface area contributed by atoms with Crippen LogP contribution in [0.25, 0.3) is 0 Å². The van der Waals surface area contributed by atoms with E-state index in [1.54, 1.807) is 0 Å². The molecule has 2 N–H and O–H groups in total. The van der Waals surface area contributed by atoms with Crippen molar-refractivity contribution in [3.05, 3.63) is 18.5 Å². The summed E-state index contributed by atoms with van der Waals surface area (Å²) in [7, 11) is 1.92. The molecule has 3 nitrogen and oxygen atoms in total. The first-order valence-corrected chi connectivity index (χ1v) is 7.19. The van der Waals surface area contributed by atoms with E-state index in [-0.39, 0.29) is 0 Å². The molecule has 2 rings (SSSR count). The fraction of sp³-hybridized carbons (Fsp3) is 0.688. The number of nitrogens with one attached hydrogen (secondary N) is 2. The fourth-order valence-corrected chi connectivity index (χ4v) is 3.84. The Hall–Kier alpha value is -1.25. The highest BCUT2D eigenvalue weighted by atomic mass is 15.0. The second-order valence-electron chi connectivity index (χ2n) is 7.47. The highest BCUT2D eigenvalue weighted by Crippen LogP contribution is 2.46. The monoisotopic (exact) mass is 261 g/mol. The molecule has 1 aromatic heterocycles. The van der Waals surface area contributed by atoms with Gasteiger partial charge in [0, 0.05) is 13.1 Å². The molecular weight excluding hydrogens is 234 g/mol. The highest BCUT2D eigenvalue weighted by Gasteiger charge is 2.38. The minimum atomic E-state index is 0.410. The van der Waals surface area contributed by atoms with Crippen molar-refractivity contribution in [2.75, 3.05) is 17.7 Å². The molecule has 3 heteroatoms. The average molecular weight is 261 g/mol. The SMILES string of the molecule is CNc1cncc(NC2CC(C)(C)CC(C)(C)C2)c1. The third kappa shape index (κ3) is 3.85. The summed E-state index contributed by atoms with van der Waals surface area (Å²) < 4.78 is 0. The Labute approximate surface area is 117 Å². The van der Waals surface area contributed by atoms with Gasteiger partial charge in [-0.25, -0.2) is 0 Å². The lowest BCUT2D eigenvalue weighted by Gasteiger charge is -2.45. The number of nitrogens with zero attached hydrogens (tertiary/aromatic N) is 1. The van der Waals surface area contributed by atoms with Gasteiger partial charge in [0.15, 0.2) is 0 Å². The molecule has 1 saturated carbocycles. The zero-order valence-electron chi connectivity index (χ0n) is 12.9. The van der Waals surface area contributed by atoms with E-state index in [0.717, 1.165) is 11.4 Å². The van der Waals surface area contributed by atoms with Gasteiger partial charge in [-0.05, 0) is 36.2 Å². The van der Waals surface area contributed by atoms with Crippen LogP contribution in [-0.4, -0.2) is 18.1 Å². The summed E-state index contributed by atoms with van der Waals surface area (Å²) in [5.74, 6) is 0. The maximum absolute atomic E-state index is 4.27. The Morgan fingerprint density at radius 2 is 1.63 bits per heavy atom. The van der Waals surface area contributed by atoms with Crippen LogP contribution in [0.1, 0.15) is 47.0 Å². The van der Waals surface area contributed by atoms with Crippen LogP contribution in [0, 0.1) is 10.8 Å². The van der Waals surface area contributed by atoms with Gasteiger partial charge < -0.3 is 10.6 Å². The van der Waals surface area contributed by atoms with Gasteiger partial charge in [0.1, 0.15) is 0 Å². The molecule has 0 bridgehead atoms. The first-order chi connectivity index (χ1) is 8.80. The number of pyridine rings is 1. The van der Waals surface area contributed by atoms with E-state index >= 15 is 0 Å². The molecular formula is C16H27N3. The van der Waals surface area contributed by atoms with Crippen molar-refractivity contribution in [3.8, 4) is 0 Å². The Morgan fingerprint density at radius 3 is 2.21 bits per heavy atom. The summed E-state index contributed by atoms with van der Waals surface area (Å²) in [6.07, 6.45) is 7.50. The lowest BCUT2D eigenvalue weighted by molar-refractivity contribution is 0.105. The number of rotatable bonds is 3. The van der Waals surface area contributed by atoms with Crippen molar-refractivity contribution in [2.45, 2.75) is 53.0 Å². The maximum atomic E-state index is 4.27. The second-order valence-corrected chi connectivity index (χ2v) is 7.47. The van der Waals surface area contributed by atoms with Crippen LogP contribution in [0.3, 0.4) is 0 Å². The molecule has 1 aliphatic rings. The molecule has 1 fully saturated rings. The summed E-state index contributed by atoms with van der Waals surface area (Å²) in [5.41, 5.74) is 2.99. The quantitative estimate of drug-likeness (QED) is 0.858. The van der Waals surface area contributed by atoms with E-state index in [4.69, 9.17) is 0 Å². The Balaban J connectivity index is 2.09. The standard InChI is InChI=1S/C16H27N3/c1-15(2)7-14(8-16(3,4)11-15)19-13-6-12(17-5)9-18-10-13/h6,9-10,14,17,19H,7-8,11H2,1-5H3. The summed E-state index contributed by atoms with van der Waals surface area (Å²) in [6.45, 7) is 9.52. The van der Waals surface area contributed by atoms with Gasteiger partial charge >= 0.3 is 0 Å². The molecule has 0 unspecified atom stereocenters. The molecule has 0 spiro atoms. The van der Waals surface area contributed by atoms with Crippen molar-refractivity contribution in [1.29, 1.82) is 0 Å². The molecule has 0 radical (unpaired) electrons. The molecule has 1 aliphatic carbocycles. The van der Waals surface area contributed by atoms with Crippen molar-refractivity contribution in [1.82, 2.24) is 4.98 Å². The van der Waals surface area contributed by atoms with E-state index in [9.17, 15) is 0 Å². The van der Waals surface area contributed by atoms with Crippen LogP contribution in [0.2, 0.25) is 0 Å². The minimum Gasteiger partial charge on any atom is -0.387 e. The highest BCUT2D eigenvalue weighted by molar-refractivity contribution is 5.54. The van der Waals surface area contributed by atoms with Gasteiger partial charge in [-0.15, -0.1) is 0 Å². The first kappa shape index (κ1) is 14.2. The predicted molar refractivity (Wildman–Crippen MR) is 82.6 cm³/mol. The van der Waals surface area contributed by atoms with Crippen LogP contribution in [0.5, 0.6) is 0 Å². The predicted octanol–water partition coefficient (Wildman–Crippen LogP) is 4.14. The van der Waals surface area contributed by atoms with Crippen molar-refractivity contribution >= 4 is 11.4 Å². The second kappa shape index (κ2) is 5.03. The number of anilines is 2. The molecule has 0 amide bonds. The molecule has 1 aromatic rings. The fourth-order valence-electron chi connectivity index (χ4n) is 3.84. The smallest absolute Gasteiger partial charge is 0.0549 e. The van der Waals surface area contributed by atoms with Crippen LogP contribution >= 0.6 is 0 Å². The molecule has 19 heavy (non-hydrogen) atoms. The van der Waals surface area contributed by atoms with Crippen LogP contribution < -0.4 is 10.6 Å². The van der Waals surface area contributed by atoms with Crippen molar-refractivity contribution in [2.24, 2.45) is 10.8 Å². The van der Waals surface area contributed by atoms with Gasteiger partial charge in [0.05, 0.1) is 23.8 Å². The van der Waals surface area contributed by atoms with Crippen LogP contribution in [0.15, 0.2) is 18.5 Å². The third-order valence-corrected chi connectivity index (χ3v) is 3.95. The van der Waals surface area contributed by atoms with E-state index in [1.807, 2.05) is 19.4 Å². The summed E-state index contributed by atoms with van der Waals surface area (Å²) in [6, 6.07) is 2.66. The summed E-state index contributed by atoms with van der Waals surface area (Å²) in [5, 5.41) is 6.80. The normalized spacial score (nSPS) is 21.9. The number of aromatic nitrogens is 1. The molecule has 1 heterocycles. The molecule has 106 valence electrons. The number of hydrogen-bond donors (Lipinski definition) is 2. The van der Waals surface area contributed by atoms with Gasteiger partial charge in [0.2, 0.25) is 0 Å². The van der Waals surface area contributed by atoms with Gasteiger partial charge in [-0.1, -0.05) is 27.7 Å². The summed E-state index contributed by atoms with van der Waals surface area (Å²) >= 11 is 0. The Kier molecular flexibility index (Phi) is 3.75. The maximum Gasteiger partial charge on any atom is 0.0549 e. The topological polar surface area (TPSA) is 37.0 Å². The molecule has 0 atom stereocenters. The van der Waals surface area contributed by atoms with Gasteiger partial charge in [0.25, 0.3) is 0 Å². The lowest BCUT2D eigenvalue weighted by atomic mass is 9.63. The zero-order chi connectivity index (χ0) is 14.1. The van der Waals surface area contributed by atoms with E-state index in [0.29, 0.717) is 16.9 Å². The largest absolute Gasteiger partial charge is 0.387 e. The van der Waals surface area contributed by atoms with Gasteiger partial charge in [-0.3, -0.25) is 4.98 Å². The Morgan fingerprint density at radius 1 is 1.05 bits per heavy atom. The molecule has 0 saturated heterocycles.